The van der Waals surface area contributed by atoms with Crippen LogP contribution in [-0.4, -0.2) is 18.5 Å². The number of imide groups is 1. The number of halogens is 1. The Hall–Kier alpha value is -3.77. The first kappa shape index (κ1) is 22.4. The number of anilines is 1. The highest BCUT2D eigenvalue weighted by Crippen LogP contribution is 2.31. The second kappa shape index (κ2) is 9.79. The van der Waals surface area contributed by atoms with E-state index in [2.05, 4.69) is 11.4 Å². The van der Waals surface area contributed by atoms with Gasteiger partial charge in [-0.05, 0) is 61.4 Å². The fourth-order valence-corrected chi connectivity index (χ4v) is 3.70. The van der Waals surface area contributed by atoms with E-state index in [1.807, 2.05) is 38.1 Å². The molecule has 0 saturated carbocycles. The van der Waals surface area contributed by atoms with E-state index >= 15 is 0 Å². The van der Waals surface area contributed by atoms with Crippen LogP contribution >= 0.6 is 11.6 Å². The number of urea groups is 1. The summed E-state index contributed by atoms with van der Waals surface area (Å²) in [5, 5.41) is 3.06. The average Bonchev–Trinajstić information content (AvgIpc) is 3.06. The number of carbonyl (C=O) groups is 2. The minimum Gasteiger partial charge on any atom is -0.490 e. The molecule has 1 saturated heterocycles. The zero-order valence-electron chi connectivity index (χ0n) is 18.3. The first-order chi connectivity index (χ1) is 15.9. The van der Waals surface area contributed by atoms with E-state index in [9.17, 15) is 9.59 Å². The fourth-order valence-electron chi connectivity index (χ4n) is 3.52. The highest BCUT2D eigenvalue weighted by atomic mass is 35.5. The first-order valence-electron chi connectivity index (χ1n) is 10.5. The summed E-state index contributed by atoms with van der Waals surface area (Å²) in [6.45, 7) is 4.79. The molecule has 3 amide bonds. The lowest BCUT2D eigenvalue weighted by Crippen LogP contribution is -2.30. The van der Waals surface area contributed by atoms with Crippen molar-refractivity contribution in [3.05, 3.63) is 94.1 Å². The Labute approximate surface area is 197 Å². The molecule has 0 bridgehead atoms. The van der Waals surface area contributed by atoms with Crippen LogP contribution in [0, 0.1) is 6.92 Å². The van der Waals surface area contributed by atoms with Crippen molar-refractivity contribution in [2.45, 2.75) is 20.5 Å². The van der Waals surface area contributed by atoms with E-state index in [1.165, 1.54) is 5.56 Å². The molecular formula is C26H23ClN2O4. The second-order valence-electron chi connectivity index (χ2n) is 7.53. The lowest BCUT2D eigenvalue weighted by Gasteiger charge is -2.13. The number of nitrogens with zero attached hydrogens (tertiary/aromatic N) is 1. The van der Waals surface area contributed by atoms with Crippen LogP contribution in [0.25, 0.3) is 6.08 Å². The van der Waals surface area contributed by atoms with Crippen LogP contribution in [0.15, 0.2) is 72.4 Å². The molecule has 0 aromatic heterocycles. The summed E-state index contributed by atoms with van der Waals surface area (Å²) in [5.74, 6) is 0.700. The molecule has 1 aliphatic rings. The van der Waals surface area contributed by atoms with Gasteiger partial charge < -0.3 is 14.8 Å². The van der Waals surface area contributed by atoms with Gasteiger partial charge >= 0.3 is 6.03 Å². The van der Waals surface area contributed by atoms with E-state index in [-0.39, 0.29) is 5.70 Å². The van der Waals surface area contributed by atoms with Crippen LogP contribution in [0.1, 0.15) is 23.6 Å². The number of rotatable bonds is 7. The van der Waals surface area contributed by atoms with Gasteiger partial charge in [-0.3, -0.25) is 4.79 Å². The van der Waals surface area contributed by atoms with Crippen LogP contribution < -0.4 is 19.7 Å². The van der Waals surface area contributed by atoms with Crippen LogP contribution in [0.4, 0.5) is 10.5 Å². The summed E-state index contributed by atoms with van der Waals surface area (Å²) in [4.78, 5) is 26.4. The minimum atomic E-state index is -0.531. The number of nitrogens with one attached hydrogen (secondary N) is 1. The molecule has 0 aliphatic carbocycles. The molecule has 0 atom stereocenters. The van der Waals surface area contributed by atoms with Crippen LogP contribution in [0.3, 0.4) is 0 Å². The third-order valence-corrected chi connectivity index (χ3v) is 5.24. The molecule has 6 nitrogen and oxygen atoms in total. The van der Waals surface area contributed by atoms with E-state index in [0.29, 0.717) is 41.0 Å². The largest absolute Gasteiger partial charge is 0.490 e. The molecule has 1 N–H and O–H groups in total. The van der Waals surface area contributed by atoms with E-state index in [4.69, 9.17) is 21.1 Å². The maximum Gasteiger partial charge on any atom is 0.333 e. The summed E-state index contributed by atoms with van der Waals surface area (Å²) < 4.78 is 11.7. The van der Waals surface area contributed by atoms with E-state index in [1.54, 1.807) is 42.5 Å². The van der Waals surface area contributed by atoms with Crippen molar-refractivity contribution in [3.8, 4) is 11.5 Å². The molecule has 0 unspecified atom stereocenters. The van der Waals surface area contributed by atoms with Gasteiger partial charge in [-0.25, -0.2) is 9.69 Å². The Balaban J connectivity index is 1.55. The molecular weight excluding hydrogens is 440 g/mol. The van der Waals surface area contributed by atoms with Crippen molar-refractivity contribution in [3.63, 3.8) is 0 Å². The second-order valence-corrected chi connectivity index (χ2v) is 7.96. The van der Waals surface area contributed by atoms with Gasteiger partial charge in [0.1, 0.15) is 12.3 Å². The number of benzene rings is 3. The Morgan fingerprint density at radius 3 is 2.55 bits per heavy atom. The van der Waals surface area contributed by atoms with Crippen molar-refractivity contribution in [1.29, 1.82) is 0 Å². The molecule has 1 aliphatic heterocycles. The van der Waals surface area contributed by atoms with Gasteiger partial charge in [-0.1, -0.05) is 53.6 Å². The molecule has 0 spiro atoms. The van der Waals surface area contributed by atoms with Crippen LogP contribution in [0.5, 0.6) is 11.5 Å². The number of hydrogen-bond donors (Lipinski definition) is 1. The van der Waals surface area contributed by atoms with Crippen molar-refractivity contribution >= 4 is 35.3 Å². The standard InChI is InChI=1S/C26H23ClN2O4/c1-3-32-24-14-18(10-11-23(24)33-16-19-7-4-6-17(2)12-19)13-22-25(30)29(26(31)28-22)21-9-5-8-20(27)15-21/h4-15H,3,16H2,1-2H3,(H,28,31)/b22-13+. The third-order valence-electron chi connectivity index (χ3n) is 5.00. The van der Waals surface area contributed by atoms with Crippen molar-refractivity contribution in [1.82, 2.24) is 5.32 Å². The Bertz CT molecular complexity index is 1240. The van der Waals surface area contributed by atoms with Crippen molar-refractivity contribution in [2.75, 3.05) is 11.5 Å². The van der Waals surface area contributed by atoms with E-state index < -0.39 is 11.9 Å². The molecule has 3 aromatic carbocycles. The summed E-state index contributed by atoms with van der Waals surface area (Å²) in [7, 11) is 0. The smallest absolute Gasteiger partial charge is 0.333 e. The Kier molecular flexibility index (Phi) is 6.66. The quantitative estimate of drug-likeness (QED) is 0.360. The number of amides is 3. The van der Waals surface area contributed by atoms with E-state index in [0.717, 1.165) is 10.5 Å². The maximum absolute atomic E-state index is 12.9. The van der Waals surface area contributed by atoms with Gasteiger partial charge in [0.25, 0.3) is 5.91 Å². The third kappa shape index (κ3) is 5.18. The van der Waals surface area contributed by atoms with Gasteiger partial charge in [0.2, 0.25) is 0 Å². The van der Waals surface area contributed by atoms with Crippen LogP contribution in [-0.2, 0) is 11.4 Å². The predicted octanol–water partition coefficient (Wildman–Crippen LogP) is 5.72. The monoisotopic (exact) mass is 462 g/mol. The lowest BCUT2D eigenvalue weighted by atomic mass is 10.1. The molecule has 1 fully saturated rings. The van der Waals surface area contributed by atoms with Gasteiger partial charge in [0.05, 0.1) is 12.3 Å². The van der Waals surface area contributed by atoms with Gasteiger partial charge in [0.15, 0.2) is 11.5 Å². The number of aryl methyl sites for hydroxylation is 1. The molecule has 3 aromatic rings. The number of ether oxygens (including phenoxy) is 2. The normalized spacial score (nSPS) is 14.5. The zero-order valence-corrected chi connectivity index (χ0v) is 19.1. The summed E-state index contributed by atoms with van der Waals surface area (Å²) in [6, 6.07) is 19.5. The Morgan fingerprint density at radius 1 is 0.970 bits per heavy atom. The molecule has 168 valence electrons. The molecule has 0 radical (unpaired) electrons. The first-order valence-corrected chi connectivity index (χ1v) is 10.9. The minimum absolute atomic E-state index is 0.163. The predicted molar refractivity (Wildman–Crippen MR) is 129 cm³/mol. The molecule has 33 heavy (non-hydrogen) atoms. The topological polar surface area (TPSA) is 67.9 Å². The maximum atomic E-state index is 12.9. The fraction of sp³-hybridized carbons (Fsp3) is 0.154. The molecule has 1 heterocycles. The van der Waals surface area contributed by atoms with Crippen LogP contribution in [0.2, 0.25) is 5.02 Å². The Morgan fingerprint density at radius 2 is 1.79 bits per heavy atom. The summed E-state index contributed by atoms with van der Waals surface area (Å²) in [6.07, 6.45) is 1.61. The van der Waals surface area contributed by atoms with Gasteiger partial charge in [-0.15, -0.1) is 0 Å². The molecule has 4 rings (SSSR count). The van der Waals surface area contributed by atoms with Gasteiger partial charge in [-0.2, -0.15) is 0 Å². The van der Waals surface area contributed by atoms with Crippen molar-refractivity contribution in [2.24, 2.45) is 0 Å². The summed E-state index contributed by atoms with van der Waals surface area (Å²) in [5.41, 5.74) is 3.49. The average molecular weight is 463 g/mol. The molecule has 7 heteroatoms. The van der Waals surface area contributed by atoms with Crippen molar-refractivity contribution < 1.29 is 19.1 Å². The zero-order chi connectivity index (χ0) is 23.4. The number of hydrogen-bond acceptors (Lipinski definition) is 4. The number of carbonyl (C=O) groups excluding carboxylic acids is 2. The van der Waals surface area contributed by atoms with Gasteiger partial charge in [0, 0.05) is 5.02 Å². The highest BCUT2D eigenvalue weighted by molar-refractivity contribution is 6.32. The SMILES string of the molecule is CCOc1cc(/C=C2/NC(=O)N(c3cccc(Cl)c3)C2=O)ccc1OCc1cccc(C)c1. The summed E-state index contributed by atoms with van der Waals surface area (Å²) >= 11 is 6.01. The highest BCUT2D eigenvalue weighted by Gasteiger charge is 2.35. The lowest BCUT2D eigenvalue weighted by molar-refractivity contribution is -0.113.